The number of carbonyl (C=O) groups is 3. The van der Waals surface area contributed by atoms with Gasteiger partial charge in [0.05, 0.1) is 28.5 Å². The van der Waals surface area contributed by atoms with Crippen LogP contribution in [0.2, 0.25) is 10.0 Å². The van der Waals surface area contributed by atoms with Gasteiger partial charge in [-0.1, -0.05) is 41.4 Å². The summed E-state index contributed by atoms with van der Waals surface area (Å²) in [6.45, 7) is 5.29. The van der Waals surface area contributed by atoms with E-state index in [-0.39, 0.29) is 67.6 Å². The first-order valence-corrected chi connectivity index (χ1v) is 21.7. The molecule has 16 heteroatoms. The predicted molar refractivity (Wildman–Crippen MR) is 228 cm³/mol. The standard InChI is InChI=1S/C46H52Cl2N2O12/c1-27-17-39(47)42(40(48)18-27)58-16-15-57-34-10-6-31(7-11-34)36-12-13-49(45(54)60-26-41-28(2)61-46(55)62-41)24-38(36)43(51)50(33-8-9-33)23-30-19-29(5-4-14-56-3)20-35(21-30)59-25-32-22-37(32)44(52)53/h6-7,10-11,17-21,32-33,36-38H,4-5,8-9,12-16,22-26H2,1-3H3,(H,52,53)/t32-,36+,37+,38-/m0/s1. The minimum Gasteiger partial charge on any atom is -0.493 e. The van der Waals surface area contributed by atoms with Gasteiger partial charge in [0.2, 0.25) is 5.91 Å². The number of carbonyl (C=O) groups excluding carboxylic acids is 2. The molecule has 4 aromatic rings. The largest absolute Gasteiger partial charge is 0.519 e. The second-order valence-corrected chi connectivity index (χ2v) is 17.1. The van der Waals surface area contributed by atoms with E-state index in [9.17, 15) is 19.5 Å². The highest BCUT2D eigenvalue weighted by Gasteiger charge is 2.44. The Labute approximate surface area is 369 Å². The van der Waals surface area contributed by atoms with Gasteiger partial charge in [-0.25, -0.2) is 9.59 Å². The van der Waals surface area contributed by atoms with E-state index >= 15 is 4.79 Å². The molecule has 2 saturated carbocycles. The third kappa shape index (κ3) is 11.6. The van der Waals surface area contributed by atoms with Crippen LogP contribution < -0.4 is 20.0 Å². The Hall–Kier alpha value is -5.18. The van der Waals surface area contributed by atoms with E-state index < -0.39 is 23.8 Å². The summed E-state index contributed by atoms with van der Waals surface area (Å²) in [4.78, 5) is 55.0. The molecule has 2 amide bonds. The molecule has 3 aliphatic rings. The quantitative estimate of drug-likeness (QED) is 0.0846. The van der Waals surface area contributed by atoms with Crippen LogP contribution in [-0.2, 0) is 38.6 Å². The van der Waals surface area contributed by atoms with Gasteiger partial charge in [0.15, 0.2) is 23.9 Å². The fraction of sp³-hybridized carbons (Fsp3) is 0.478. The van der Waals surface area contributed by atoms with Crippen LogP contribution in [0.3, 0.4) is 0 Å². The van der Waals surface area contributed by atoms with Gasteiger partial charge in [-0.3, -0.25) is 9.59 Å². The first-order valence-electron chi connectivity index (χ1n) is 21.0. The number of carboxylic acid groups (broad SMARTS) is 1. The maximum absolute atomic E-state index is 15.0. The molecule has 1 saturated heterocycles. The Morgan fingerprint density at radius 3 is 2.26 bits per heavy atom. The second-order valence-electron chi connectivity index (χ2n) is 16.3. The minimum atomic E-state index is -0.879. The molecule has 3 aromatic carbocycles. The number of piperidine rings is 1. The molecule has 332 valence electrons. The van der Waals surface area contributed by atoms with Crippen LogP contribution in [0.25, 0.3) is 0 Å². The summed E-state index contributed by atoms with van der Waals surface area (Å²) in [6, 6.07) is 17.2. The van der Waals surface area contributed by atoms with Crippen molar-refractivity contribution in [2.45, 2.75) is 77.5 Å². The lowest BCUT2D eigenvalue weighted by atomic mass is 9.79. The van der Waals surface area contributed by atoms with Gasteiger partial charge >= 0.3 is 17.9 Å². The van der Waals surface area contributed by atoms with Crippen molar-refractivity contribution in [2.24, 2.45) is 17.8 Å². The molecule has 0 unspecified atom stereocenters. The summed E-state index contributed by atoms with van der Waals surface area (Å²) >= 11 is 12.7. The van der Waals surface area contributed by atoms with Crippen LogP contribution in [0.5, 0.6) is 17.2 Å². The molecule has 0 radical (unpaired) electrons. The number of ether oxygens (including phenoxy) is 5. The zero-order valence-corrected chi connectivity index (χ0v) is 36.6. The predicted octanol–water partition coefficient (Wildman–Crippen LogP) is 8.23. The number of amides is 2. The van der Waals surface area contributed by atoms with E-state index in [1.54, 1.807) is 26.2 Å². The molecule has 62 heavy (non-hydrogen) atoms. The van der Waals surface area contributed by atoms with E-state index in [1.807, 2.05) is 48.2 Å². The summed E-state index contributed by atoms with van der Waals surface area (Å²) in [5, 5.41) is 10.3. The van der Waals surface area contributed by atoms with Crippen molar-refractivity contribution in [1.82, 2.24) is 9.80 Å². The molecule has 1 N–H and O–H groups in total. The van der Waals surface area contributed by atoms with Gasteiger partial charge in [0, 0.05) is 45.3 Å². The van der Waals surface area contributed by atoms with E-state index in [1.165, 1.54) is 4.90 Å². The van der Waals surface area contributed by atoms with Gasteiger partial charge in [-0.05, 0) is 117 Å². The topological polar surface area (TPSA) is 167 Å². The van der Waals surface area contributed by atoms with Crippen molar-refractivity contribution in [1.29, 1.82) is 0 Å². The van der Waals surface area contributed by atoms with Gasteiger partial charge in [0.25, 0.3) is 0 Å². The number of nitrogens with zero attached hydrogens (tertiary/aromatic N) is 2. The molecular formula is C46H52Cl2N2O12. The average molecular weight is 896 g/mol. The number of hydrogen-bond donors (Lipinski definition) is 1. The fourth-order valence-corrected chi connectivity index (χ4v) is 8.72. The van der Waals surface area contributed by atoms with Crippen LogP contribution in [0.15, 0.2) is 68.2 Å². The lowest BCUT2D eigenvalue weighted by molar-refractivity contribution is -0.140. The Balaban J connectivity index is 1.08. The molecule has 14 nitrogen and oxygen atoms in total. The number of rotatable bonds is 20. The molecule has 0 spiro atoms. The highest BCUT2D eigenvalue weighted by Crippen LogP contribution is 2.41. The van der Waals surface area contributed by atoms with Crippen molar-refractivity contribution in [3.05, 3.63) is 109 Å². The third-order valence-corrected chi connectivity index (χ3v) is 12.1. The van der Waals surface area contributed by atoms with E-state index in [2.05, 4.69) is 6.07 Å². The third-order valence-electron chi connectivity index (χ3n) is 11.6. The summed E-state index contributed by atoms with van der Waals surface area (Å²) < 4.78 is 38.8. The van der Waals surface area contributed by atoms with Crippen molar-refractivity contribution in [3.63, 3.8) is 0 Å². The summed E-state index contributed by atoms with van der Waals surface area (Å²) in [5.41, 5.74) is 3.80. The summed E-state index contributed by atoms with van der Waals surface area (Å²) in [7, 11) is 1.66. The fourth-order valence-electron chi connectivity index (χ4n) is 8.02. The molecule has 1 aromatic heterocycles. The molecule has 0 bridgehead atoms. The normalized spacial score (nSPS) is 19.5. The number of aryl methyl sites for hydroxylation is 3. The number of aliphatic carboxylic acids is 1. The summed E-state index contributed by atoms with van der Waals surface area (Å²) in [6.07, 6.45) is 3.70. The Kier molecular flexibility index (Phi) is 14.7. The highest BCUT2D eigenvalue weighted by molar-refractivity contribution is 6.37. The van der Waals surface area contributed by atoms with Gasteiger partial charge in [-0.2, -0.15) is 0 Å². The van der Waals surface area contributed by atoms with E-state index in [4.69, 9.17) is 55.7 Å². The molecule has 3 fully saturated rings. The zero-order valence-electron chi connectivity index (χ0n) is 35.1. The van der Waals surface area contributed by atoms with Crippen LogP contribution in [0.4, 0.5) is 4.79 Å². The van der Waals surface area contributed by atoms with Crippen molar-refractivity contribution in [3.8, 4) is 17.2 Å². The van der Waals surface area contributed by atoms with Crippen molar-refractivity contribution < 1.29 is 52.0 Å². The number of benzene rings is 3. The SMILES string of the molecule is COCCCc1cc(CN(C(=O)[C@H]2CN(C(=O)OCc3oc(=O)oc3C)CC[C@@H]2c2ccc(OCCOc3c(Cl)cc(C)cc3Cl)cc2)C2CC2)cc(OC[C@@H]2C[C@H]2C(=O)O)c1. The summed E-state index contributed by atoms with van der Waals surface area (Å²) in [5.74, 6) is -1.02. The molecule has 7 rings (SSSR count). The second kappa shape index (κ2) is 20.3. The smallest absolute Gasteiger partial charge is 0.493 e. The van der Waals surface area contributed by atoms with Crippen LogP contribution in [0.1, 0.15) is 71.8 Å². The van der Waals surface area contributed by atoms with Gasteiger partial charge in [0.1, 0.15) is 24.7 Å². The van der Waals surface area contributed by atoms with Crippen LogP contribution in [-0.4, -0.2) is 85.5 Å². The Bertz CT molecular complexity index is 2250. The lowest BCUT2D eigenvalue weighted by Gasteiger charge is -2.40. The number of halogens is 2. The van der Waals surface area contributed by atoms with Gasteiger partial charge < -0.3 is 47.4 Å². The maximum atomic E-state index is 15.0. The molecule has 2 aliphatic carbocycles. The zero-order chi connectivity index (χ0) is 43.9. The molecule has 4 atom stereocenters. The molecule has 1 aliphatic heterocycles. The maximum Gasteiger partial charge on any atom is 0.519 e. The van der Waals surface area contributed by atoms with E-state index in [0.29, 0.717) is 66.4 Å². The number of hydrogen-bond acceptors (Lipinski definition) is 11. The van der Waals surface area contributed by atoms with Crippen molar-refractivity contribution in [2.75, 3.05) is 46.6 Å². The van der Waals surface area contributed by atoms with Crippen LogP contribution >= 0.6 is 23.2 Å². The number of carboxylic acids is 1. The minimum absolute atomic E-state index is 0.0317. The number of likely N-dealkylation sites (tertiary alicyclic amines) is 1. The first kappa shape index (κ1) is 44.9. The van der Waals surface area contributed by atoms with Crippen LogP contribution in [0, 0.1) is 31.6 Å². The first-order chi connectivity index (χ1) is 29.9. The monoisotopic (exact) mass is 894 g/mol. The lowest BCUT2D eigenvalue weighted by Crippen LogP contribution is -2.50. The number of methoxy groups -OCH3 is 1. The average Bonchev–Trinajstić information content (AvgIpc) is 4.19. The highest BCUT2D eigenvalue weighted by atomic mass is 35.5. The Morgan fingerprint density at radius 2 is 1.60 bits per heavy atom. The van der Waals surface area contributed by atoms with E-state index in [0.717, 1.165) is 47.9 Å². The van der Waals surface area contributed by atoms with Crippen molar-refractivity contribution >= 4 is 41.2 Å². The van der Waals surface area contributed by atoms with Gasteiger partial charge in [-0.15, -0.1) is 0 Å². The molecule has 2 heterocycles. The molecular weight excluding hydrogens is 843 g/mol. The Morgan fingerprint density at radius 1 is 0.871 bits per heavy atom.